The van der Waals surface area contributed by atoms with Crippen molar-refractivity contribution in [3.05, 3.63) is 35.4 Å². The molecule has 0 aromatic heterocycles. The van der Waals surface area contributed by atoms with Crippen molar-refractivity contribution in [1.29, 1.82) is 0 Å². The Morgan fingerprint density at radius 3 is 2.90 bits per heavy atom. The summed E-state index contributed by atoms with van der Waals surface area (Å²) in [6, 6.07) is 8.64. The Morgan fingerprint density at radius 2 is 2.15 bits per heavy atom. The predicted octanol–water partition coefficient (Wildman–Crippen LogP) is 4.22. The molecule has 1 aromatic rings. The molecule has 1 heterocycles. The van der Waals surface area contributed by atoms with E-state index in [4.69, 9.17) is 0 Å². The number of benzene rings is 1. The first kappa shape index (κ1) is 15.2. The molecule has 1 unspecified atom stereocenters. The lowest BCUT2D eigenvalue weighted by Crippen LogP contribution is -2.36. The van der Waals surface area contributed by atoms with Crippen LogP contribution in [0.25, 0.3) is 0 Å². The SMILES string of the molecule is CCC1CCCCCN1CCC(=O)c1cccc(C)c1. The highest BCUT2D eigenvalue weighted by molar-refractivity contribution is 5.96. The topological polar surface area (TPSA) is 20.3 Å². The summed E-state index contributed by atoms with van der Waals surface area (Å²) in [7, 11) is 0. The lowest BCUT2D eigenvalue weighted by atomic mass is 10.0. The molecule has 0 spiro atoms. The number of ketones is 1. The van der Waals surface area contributed by atoms with Gasteiger partial charge in [0.15, 0.2) is 5.78 Å². The first-order valence-electron chi connectivity index (χ1n) is 8.04. The van der Waals surface area contributed by atoms with Gasteiger partial charge in [-0.3, -0.25) is 9.69 Å². The van der Waals surface area contributed by atoms with Crippen molar-refractivity contribution in [2.75, 3.05) is 13.1 Å². The van der Waals surface area contributed by atoms with Crippen molar-refractivity contribution in [3.63, 3.8) is 0 Å². The normalized spacial score (nSPS) is 20.6. The standard InChI is InChI=1S/C18H27NO/c1-3-17-10-5-4-6-12-19(17)13-11-18(20)16-9-7-8-15(2)14-16/h7-9,14,17H,3-6,10-13H2,1-2H3. The van der Waals surface area contributed by atoms with E-state index in [0.717, 1.165) is 17.7 Å². The first-order valence-corrected chi connectivity index (χ1v) is 8.04. The van der Waals surface area contributed by atoms with Gasteiger partial charge in [0.1, 0.15) is 0 Å². The monoisotopic (exact) mass is 273 g/mol. The molecule has 2 heteroatoms. The third-order valence-corrected chi connectivity index (χ3v) is 4.44. The van der Waals surface area contributed by atoms with Gasteiger partial charge in [-0.1, -0.05) is 43.5 Å². The molecule has 0 radical (unpaired) electrons. The van der Waals surface area contributed by atoms with Crippen LogP contribution in [0.1, 0.15) is 61.4 Å². The van der Waals surface area contributed by atoms with Crippen molar-refractivity contribution in [1.82, 2.24) is 4.90 Å². The van der Waals surface area contributed by atoms with E-state index in [1.165, 1.54) is 38.6 Å². The number of carbonyl (C=O) groups is 1. The maximum atomic E-state index is 12.3. The van der Waals surface area contributed by atoms with Gasteiger partial charge in [-0.2, -0.15) is 0 Å². The quantitative estimate of drug-likeness (QED) is 0.749. The van der Waals surface area contributed by atoms with Gasteiger partial charge in [-0.15, -0.1) is 0 Å². The van der Waals surface area contributed by atoms with Crippen LogP contribution in [0.4, 0.5) is 0 Å². The molecular weight excluding hydrogens is 246 g/mol. The molecule has 1 fully saturated rings. The van der Waals surface area contributed by atoms with Crippen molar-refractivity contribution < 1.29 is 4.79 Å². The third-order valence-electron chi connectivity index (χ3n) is 4.44. The lowest BCUT2D eigenvalue weighted by molar-refractivity contribution is 0.0949. The summed E-state index contributed by atoms with van der Waals surface area (Å²) in [5.41, 5.74) is 2.03. The molecule has 0 amide bonds. The van der Waals surface area contributed by atoms with E-state index in [9.17, 15) is 4.79 Å². The fraction of sp³-hybridized carbons (Fsp3) is 0.611. The summed E-state index contributed by atoms with van der Waals surface area (Å²) >= 11 is 0. The smallest absolute Gasteiger partial charge is 0.164 e. The molecule has 0 aliphatic carbocycles. The van der Waals surface area contributed by atoms with E-state index in [-0.39, 0.29) is 5.78 Å². The highest BCUT2D eigenvalue weighted by atomic mass is 16.1. The van der Waals surface area contributed by atoms with Crippen LogP contribution in [0.3, 0.4) is 0 Å². The first-order chi connectivity index (χ1) is 9.70. The number of hydrogen-bond donors (Lipinski definition) is 0. The summed E-state index contributed by atoms with van der Waals surface area (Å²) in [5.74, 6) is 0.285. The van der Waals surface area contributed by atoms with E-state index in [1.54, 1.807) is 0 Å². The molecule has 1 saturated heterocycles. The second kappa shape index (κ2) is 7.58. The van der Waals surface area contributed by atoms with Crippen LogP contribution < -0.4 is 0 Å². The van der Waals surface area contributed by atoms with E-state index >= 15 is 0 Å². The largest absolute Gasteiger partial charge is 0.300 e. The Hall–Kier alpha value is -1.15. The van der Waals surface area contributed by atoms with Crippen molar-refractivity contribution in [2.24, 2.45) is 0 Å². The van der Waals surface area contributed by atoms with Crippen LogP contribution in [-0.2, 0) is 0 Å². The Bertz CT molecular complexity index is 441. The van der Waals surface area contributed by atoms with Gasteiger partial charge in [0.2, 0.25) is 0 Å². The Kier molecular flexibility index (Phi) is 5.78. The summed E-state index contributed by atoms with van der Waals surface area (Å²) in [4.78, 5) is 14.8. The Balaban J connectivity index is 1.91. The maximum absolute atomic E-state index is 12.3. The summed E-state index contributed by atoms with van der Waals surface area (Å²) < 4.78 is 0. The zero-order valence-electron chi connectivity index (χ0n) is 12.9. The van der Waals surface area contributed by atoms with Gasteiger partial charge < -0.3 is 0 Å². The molecule has 1 atom stereocenters. The van der Waals surface area contributed by atoms with Crippen molar-refractivity contribution in [3.8, 4) is 0 Å². The van der Waals surface area contributed by atoms with E-state index < -0.39 is 0 Å². The van der Waals surface area contributed by atoms with Crippen LogP contribution >= 0.6 is 0 Å². The molecule has 1 aliphatic heterocycles. The molecule has 0 N–H and O–H groups in total. The second-order valence-electron chi connectivity index (χ2n) is 5.99. The molecule has 0 saturated carbocycles. The number of hydrogen-bond acceptors (Lipinski definition) is 2. The summed E-state index contributed by atoms with van der Waals surface area (Å²) in [5, 5.41) is 0. The number of carbonyl (C=O) groups excluding carboxylic acids is 1. The van der Waals surface area contributed by atoms with E-state index in [1.807, 2.05) is 31.2 Å². The van der Waals surface area contributed by atoms with Crippen molar-refractivity contribution >= 4 is 5.78 Å². The Labute approximate surface area is 123 Å². The highest BCUT2D eigenvalue weighted by Crippen LogP contribution is 2.19. The minimum Gasteiger partial charge on any atom is -0.300 e. The van der Waals surface area contributed by atoms with Gasteiger partial charge in [0.05, 0.1) is 0 Å². The molecule has 110 valence electrons. The number of Topliss-reactive ketones (excluding diaryl/α,β-unsaturated/α-hetero) is 1. The third kappa shape index (κ3) is 4.17. The lowest BCUT2D eigenvalue weighted by Gasteiger charge is -2.28. The number of rotatable bonds is 5. The molecule has 2 nitrogen and oxygen atoms in total. The van der Waals surface area contributed by atoms with Gasteiger partial charge >= 0.3 is 0 Å². The van der Waals surface area contributed by atoms with E-state index in [0.29, 0.717) is 12.5 Å². The molecule has 2 rings (SSSR count). The molecule has 1 aromatic carbocycles. The molecular formula is C18H27NO. The number of aryl methyl sites for hydroxylation is 1. The Morgan fingerprint density at radius 1 is 1.30 bits per heavy atom. The van der Waals surface area contributed by atoms with Crippen LogP contribution in [-0.4, -0.2) is 29.8 Å². The maximum Gasteiger partial charge on any atom is 0.164 e. The van der Waals surface area contributed by atoms with Crippen LogP contribution in [0.5, 0.6) is 0 Å². The minimum atomic E-state index is 0.285. The predicted molar refractivity (Wildman–Crippen MR) is 84.2 cm³/mol. The molecule has 20 heavy (non-hydrogen) atoms. The fourth-order valence-corrected chi connectivity index (χ4v) is 3.20. The zero-order chi connectivity index (χ0) is 14.4. The molecule has 1 aliphatic rings. The van der Waals surface area contributed by atoms with Gasteiger partial charge in [-0.05, 0) is 38.8 Å². The van der Waals surface area contributed by atoms with E-state index in [2.05, 4.69) is 11.8 Å². The average Bonchev–Trinajstić information content (AvgIpc) is 2.69. The second-order valence-corrected chi connectivity index (χ2v) is 5.99. The molecule has 0 bridgehead atoms. The van der Waals surface area contributed by atoms with Crippen LogP contribution in [0.15, 0.2) is 24.3 Å². The van der Waals surface area contributed by atoms with Gasteiger partial charge in [0, 0.05) is 24.6 Å². The highest BCUT2D eigenvalue weighted by Gasteiger charge is 2.20. The number of likely N-dealkylation sites (tertiary alicyclic amines) is 1. The zero-order valence-corrected chi connectivity index (χ0v) is 12.9. The van der Waals surface area contributed by atoms with Crippen LogP contribution in [0, 0.1) is 6.92 Å². The van der Waals surface area contributed by atoms with Gasteiger partial charge in [-0.25, -0.2) is 0 Å². The van der Waals surface area contributed by atoms with Gasteiger partial charge in [0.25, 0.3) is 0 Å². The summed E-state index contributed by atoms with van der Waals surface area (Å²) in [6.45, 7) is 6.40. The van der Waals surface area contributed by atoms with Crippen molar-refractivity contribution in [2.45, 2.75) is 58.4 Å². The summed E-state index contributed by atoms with van der Waals surface area (Å²) in [6.07, 6.45) is 7.14. The number of nitrogens with zero attached hydrogens (tertiary/aromatic N) is 1. The van der Waals surface area contributed by atoms with Crippen LogP contribution in [0.2, 0.25) is 0 Å². The average molecular weight is 273 g/mol. The fourth-order valence-electron chi connectivity index (χ4n) is 3.20. The minimum absolute atomic E-state index is 0.285.